The summed E-state index contributed by atoms with van der Waals surface area (Å²) in [5, 5.41) is 11.7. The van der Waals surface area contributed by atoms with Crippen LogP contribution in [0.1, 0.15) is 23.6 Å². The Labute approximate surface area is 191 Å². The van der Waals surface area contributed by atoms with Gasteiger partial charge in [-0.2, -0.15) is 0 Å². The predicted octanol–water partition coefficient (Wildman–Crippen LogP) is 4.38. The summed E-state index contributed by atoms with van der Waals surface area (Å²) in [6.07, 6.45) is 0.667. The van der Waals surface area contributed by atoms with Crippen LogP contribution in [0.4, 0.5) is 0 Å². The van der Waals surface area contributed by atoms with Gasteiger partial charge in [0.2, 0.25) is 0 Å². The first-order chi connectivity index (χ1) is 14.7. The molecule has 2 aromatic carbocycles. The van der Waals surface area contributed by atoms with Crippen molar-refractivity contribution in [1.29, 1.82) is 0 Å². The number of methoxy groups -OCH3 is 1. The van der Waals surface area contributed by atoms with E-state index in [9.17, 15) is 14.7 Å². The Bertz CT molecular complexity index is 1020. The lowest BCUT2D eigenvalue weighted by Crippen LogP contribution is -2.32. The second-order valence-electron chi connectivity index (χ2n) is 7.55. The molecule has 1 N–H and O–H groups in total. The van der Waals surface area contributed by atoms with E-state index in [1.54, 1.807) is 49.6 Å². The van der Waals surface area contributed by atoms with Crippen LogP contribution >= 0.6 is 23.2 Å². The highest BCUT2D eigenvalue weighted by atomic mass is 35.5. The van der Waals surface area contributed by atoms with E-state index < -0.39 is 17.7 Å². The molecule has 0 bridgehead atoms. The number of amides is 1. The van der Waals surface area contributed by atoms with Crippen molar-refractivity contribution in [1.82, 2.24) is 9.80 Å². The first-order valence-corrected chi connectivity index (χ1v) is 10.5. The van der Waals surface area contributed by atoms with Crippen LogP contribution in [-0.4, -0.2) is 60.9 Å². The molecule has 0 radical (unpaired) electrons. The molecular weight excluding hydrogens is 439 g/mol. The maximum atomic E-state index is 13.0. The molecule has 0 aromatic heterocycles. The number of aliphatic hydroxyl groups excluding tert-OH is 1. The van der Waals surface area contributed by atoms with E-state index in [1.807, 2.05) is 19.0 Å². The zero-order valence-electron chi connectivity index (χ0n) is 17.6. The summed E-state index contributed by atoms with van der Waals surface area (Å²) in [5.74, 6) is -1.01. The zero-order chi connectivity index (χ0) is 22.7. The summed E-state index contributed by atoms with van der Waals surface area (Å²) in [5.41, 5.74) is 1.05. The number of hydrogen-bond donors (Lipinski definition) is 1. The highest BCUT2D eigenvalue weighted by Gasteiger charge is 2.45. The minimum Gasteiger partial charge on any atom is -0.507 e. The Kier molecular flexibility index (Phi) is 7.26. The van der Waals surface area contributed by atoms with Crippen LogP contribution in [0.2, 0.25) is 10.0 Å². The largest absolute Gasteiger partial charge is 0.507 e. The smallest absolute Gasteiger partial charge is 0.295 e. The van der Waals surface area contributed by atoms with Crippen LogP contribution in [0.5, 0.6) is 5.75 Å². The third-order valence-electron chi connectivity index (χ3n) is 5.17. The standard InChI is InChI=1S/C23H24Cl2N2O4/c1-26(2)11-4-12-27-20(15-7-10-17(24)18(25)13-15)19(22(29)23(27)30)21(28)14-5-8-16(31-3)9-6-14/h5-10,13,20,28H,4,11-12H2,1-3H3. The number of nitrogens with zero attached hydrogens (tertiary/aromatic N) is 2. The predicted molar refractivity (Wildman–Crippen MR) is 122 cm³/mol. The van der Waals surface area contributed by atoms with Crippen molar-refractivity contribution < 1.29 is 19.4 Å². The van der Waals surface area contributed by atoms with E-state index in [0.29, 0.717) is 39.9 Å². The molecule has 3 rings (SSSR count). The van der Waals surface area contributed by atoms with Gasteiger partial charge in [-0.15, -0.1) is 0 Å². The van der Waals surface area contributed by atoms with Crippen molar-refractivity contribution >= 4 is 40.7 Å². The van der Waals surface area contributed by atoms with Gasteiger partial charge in [0.1, 0.15) is 11.5 Å². The summed E-state index contributed by atoms with van der Waals surface area (Å²) in [6, 6.07) is 10.8. The number of hydrogen-bond acceptors (Lipinski definition) is 5. The quantitative estimate of drug-likeness (QED) is 0.375. The second kappa shape index (κ2) is 9.73. The summed E-state index contributed by atoms with van der Waals surface area (Å²) in [4.78, 5) is 29.4. The van der Waals surface area contributed by atoms with Gasteiger partial charge in [0.05, 0.1) is 28.8 Å². The number of halogens is 2. The molecule has 1 aliphatic heterocycles. The van der Waals surface area contributed by atoms with Crippen molar-refractivity contribution in [2.45, 2.75) is 12.5 Å². The highest BCUT2D eigenvalue weighted by Crippen LogP contribution is 2.41. The van der Waals surface area contributed by atoms with Crippen LogP contribution in [-0.2, 0) is 9.59 Å². The Morgan fingerprint density at radius 2 is 1.77 bits per heavy atom. The number of carbonyl (C=O) groups is 2. The van der Waals surface area contributed by atoms with Crippen LogP contribution in [0.25, 0.3) is 5.76 Å². The molecular formula is C23H24Cl2N2O4. The van der Waals surface area contributed by atoms with E-state index in [4.69, 9.17) is 27.9 Å². The maximum Gasteiger partial charge on any atom is 0.295 e. The summed E-state index contributed by atoms with van der Waals surface area (Å²) in [6.45, 7) is 1.10. The summed E-state index contributed by atoms with van der Waals surface area (Å²) >= 11 is 12.3. The normalized spacial score (nSPS) is 18.1. The molecule has 1 amide bonds. The number of rotatable bonds is 7. The Balaban J connectivity index is 2.10. The molecule has 1 heterocycles. The Morgan fingerprint density at radius 1 is 1.10 bits per heavy atom. The minimum atomic E-state index is -0.765. The fourth-order valence-electron chi connectivity index (χ4n) is 3.60. The van der Waals surface area contributed by atoms with Crippen LogP contribution < -0.4 is 4.74 Å². The molecule has 1 fully saturated rings. The van der Waals surface area contributed by atoms with Crippen LogP contribution in [0.15, 0.2) is 48.0 Å². The molecule has 1 aliphatic rings. The number of benzene rings is 2. The van der Waals surface area contributed by atoms with E-state index in [1.165, 1.54) is 4.90 Å². The summed E-state index contributed by atoms with van der Waals surface area (Å²) < 4.78 is 5.15. The molecule has 6 nitrogen and oxygen atoms in total. The topological polar surface area (TPSA) is 70.1 Å². The van der Waals surface area contributed by atoms with E-state index in [2.05, 4.69) is 0 Å². The van der Waals surface area contributed by atoms with Gasteiger partial charge in [-0.3, -0.25) is 9.59 Å². The Hall–Kier alpha value is -2.54. The zero-order valence-corrected chi connectivity index (χ0v) is 19.1. The van der Waals surface area contributed by atoms with E-state index in [0.717, 1.165) is 6.54 Å². The van der Waals surface area contributed by atoms with Gasteiger partial charge in [-0.25, -0.2) is 0 Å². The number of aliphatic hydroxyl groups is 1. The van der Waals surface area contributed by atoms with Gasteiger partial charge in [0.15, 0.2) is 0 Å². The minimum absolute atomic E-state index is 0.0263. The molecule has 2 aromatic rings. The van der Waals surface area contributed by atoms with Gasteiger partial charge < -0.3 is 19.6 Å². The van der Waals surface area contributed by atoms with Crippen molar-refractivity contribution in [3.8, 4) is 5.75 Å². The maximum absolute atomic E-state index is 13.0. The van der Waals surface area contributed by atoms with Gasteiger partial charge in [-0.05, 0) is 69.0 Å². The van der Waals surface area contributed by atoms with Crippen molar-refractivity contribution in [3.63, 3.8) is 0 Å². The SMILES string of the molecule is COc1ccc(C(O)=C2C(=O)C(=O)N(CCCN(C)C)C2c2ccc(Cl)c(Cl)c2)cc1. The molecule has 0 aliphatic carbocycles. The highest BCUT2D eigenvalue weighted by molar-refractivity contribution is 6.46. The lowest BCUT2D eigenvalue weighted by molar-refractivity contribution is -0.139. The van der Waals surface area contributed by atoms with Crippen molar-refractivity contribution in [3.05, 3.63) is 69.2 Å². The monoisotopic (exact) mass is 462 g/mol. The van der Waals surface area contributed by atoms with Gasteiger partial charge in [-0.1, -0.05) is 29.3 Å². The molecule has 8 heteroatoms. The number of likely N-dealkylation sites (tertiary alicyclic amines) is 1. The van der Waals surface area contributed by atoms with Gasteiger partial charge in [0, 0.05) is 12.1 Å². The van der Waals surface area contributed by atoms with Crippen molar-refractivity contribution in [2.75, 3.05) is 34.3 Å². The number of Topliss-reactive ketones (excluding diaryl/α,β-unsaturated/α-hetero) is 1. The van der Waals surface area contributed by atoms with Crippen LogP contribution in [0, 0.1) is 0 Å². The average molecular weight is 463 g/mol. The number of carbonyl (C=O) groups excluding carboxylic acids is 2. The average Bonchev–Trinajstić information content (AvgIpc) is 3.00. The van der Waals surface area contributed by atoms with Crippen molar-refractivity contribution in [2.24, 2.45) is 0 Å². The lowest BCUT2D eigenvalue weighted by Gasteiger charge is -2.26. The van der Waals surface area contributed by atoms with E-state index in [-0.39, 0.29) is 11.3 Å². The number of ketones is 1. The summed E-state index contributed by atoms with van der Waals surface area (Å²) in [7, 11) is 5.42. The molecule has 31 heavy (non-hydrogen) atoms. The lowest BCUT2D eigenvalue weighted by atomic mass is 9.95. The first-order valence-electron chi connectivity index (χ1n) is 9.77. The number of ether oxygens (including phenoxy) is 1. The molecule has 1 saturated heterocycles. The molecule has 0 saturated carbocycles. The Morgan fingerprint density at radius 3 is 2.35 bits per heavy atom. The fourth-order valence-corrected chi connectivity index (χ4v) is 3.91. The first kappa shape index (κ1) is 23.1. The second-order valence-corrected chi connectivity index (χ2v) is 8.37. The third kappa shape index (κ3) is 4.87. The third-order valence-corrected chi connectivity index (χ3v) is 5.91. The van der Waals surface area contributed by atoms with Gasteiger partial charge >= 0.3 is 0 Å². The van der Waals surface area contributed by atoms with E-state index >= 15 is 0 Å². The van der Waals surface area contributed by atoms with Crippen LogP contribution in [0.3, 0.4) is 0 Å². The molecule has 1 unspecified atom stereocenters. The molecule has 0 spiro atoms. The fraction of sp³-hybridized carbons (Fsp3) is 0.304. The molecule has 164 valence electrons. The van der Waals surface area contributed by atoms with Gasteiger partial charge in [0.25, 0.3) is 11.7 Å². The molecule has 1 atom stereocenters.